The van der Waals surface area contributed by atoms with E-state index < -0.39 is 6.10 Å². The number of rotatable bonds is 4. The number of aromatic nitrogens is 1. The van der Waals surface area contributed by atoms with Crippen LogP contribution in [-0.4, -0.2) is 34.7 Å². The van der Waals surface area contributed by atoms with Crippen molar-refractivity contribution in [2.24, 2.45) is 0 Å². The third-order valence-corrected chi connectivity index (χ3v) is 5.37. The molecule has 1 aliphatic heterocycles. The van der Waals surface area contributed by atoms with E-state index in [1.807, 2.05) is 36.6 Å². The van der Waals surface area contributed by atoms with Gasteiger partial charge >= 0.3 is 0 Å². The molecule has 3 unspecified atom stereocenters. The first kappa shape index (κ1) is 16.6. The number of β-amino-alcohol motifs (C(OH)–C–C–N with tert-alkyl or cyclic N) is 1. The predicted octanol–water partition coefficient (Wildman–Crippen LogP) is 2.47. The monoisotopic (exact) mass is 395 g/mol. The molecule has 3 atom stereocenters. The number of halogens is 1. The van der Waals surface area contributed by atoms with Gasteiger partial charge < -0.3 is 15.7 Å². The first-order valence-electron chi connectivity index (χ1n) is 7.46. The van der Waals surface area contributed by atoms with E-state index in [-0.39, 0.29) is 18.0 Å². The molecule has 3 rings (SSSR count). The number of hydrogen-bond acceptors (Lipinski definition) is 5. The van der Waals surface area contributed by atoms with Gasteiger partial charge in [-0.3, -0.25) is 4.79 Å². The smallest absolute Gasteiger partial charge is 0.237 e. The predicted molar refractivity (Wildman–Crippen MR) is 94.2 cm³/mol. The average Bonchev–Trinajstić information content (AvgIpc) is 3.17. The van der Waals surface area contributed by atoms with Crippen LogP contribution in [0.15, 0.2) is 34.1 Å². The summed E-state index contributed by atoms with van der Waals surface area (Å²) in [5.74, 6) is -0.0885. The standard InChI is InChI=1S/C16H18BrN3O2S/c1-9(19-15(22)13-6-12(21)7-18-13)16-20-14(8-23-16)10-2-4-11(17)5-3-10/h2-5,8-9,12-13,18,21H,6-7H2,1H3,(H,19,22). The van der Waals surface area contributed by atoms with E-state index in [4.69, 9.17) is 0 Å². The van der Waals surface area contributed by atoms with Crippen LogP contribution >= 0.6 is 27.3 Å². The first-order valence-corrected chi connectivity index (χ1v) is 9.13. The number of aliphatic hydroxyl groups is 1. The highest BCUT2D eigenvalue weighted by atomic mass is 79.9. The van der Waals surface area contributed by atoms with Gasteiger partial charge in [-0.1, -0.05) is 28.1 Å². The maximum Gasteiger partial charge on any atom is 0.237 e. The highest BCUT2D eigenvalue weighted by molar-refractivity contribution is 9.10. The zero-order valence-electron chi connectivity index (χ0n) is 12.6. The van der Waals surface area contributed by atoms with Crippen LogP contribution < -0.4 is 10.6 Å². The van der Waals surface area contributed by atoms with Gasteiger partial charge in [-0.25, -0.2) is 4.98 Å². The summed E-state index contributed by atoms with van der Waals surface area (Å²) in [5.41, 5.74) is 1.96. The molecular formula is C16H18BrN3O2S. The third kappa shape index (κ3) is 3.98. The van der Waals surface area contributed by atoms with E-state index in [2.05, 4.69) is 31.5 Å². The second-order valence-corrected chi connectivity index (χ2v) is 7.46. The fraction of sp³-hybridized carbons (Fsp3) is 0.375. The summed E-state index contributed by atoms with van der Waals surface area (Å²) in [6.45, 7) is 2.39. The lowest BCUT2D eigenvalue weighted by Gasteiger charge is -2.15. The number of carbonyl (C=O) groups excluding carboxylic acids is 1. The molecule has 1 fully saturated rings. The summed E-state index contributed by atoms with van der Waals surface area (Å²) in [5, 5.41) is 18.3. The Morgan fingerprint density at radius 1 is 1.48 bits per heavy atom. The number of benzene rings is 1. The Labute approximate surface area is 147 Å². The van der Waals surface area contributed by atoms with Crippen molar-refractivity contribution in [2.45, 2.75) is 31.5 Å². The van der Waals surface area contributed by atoms with Gasteiger partial charge in [0.2, 0.25) is 5.91 Å². The highest BCUT2D eigenvalue weighted by Gasteiger charge is 2.29. The van der Waals surface area contributed by atoms with Gasteiger partial charge in [0.05, 0.1) is 23.9 Å². The van der Waals surface area contributed by atoms with Crippen LogP contribution in [0.5, 0.6) is 0 Å². The number of nitrogens with zero attached hydrogens (tertiary/aromatic N) is 1. The molecule has 23 heavy (non-hydrogen) atoms. The zero-order valence-corrected chi connectivity index (χ0v) is 15.0. The molecule has 1 aromatic carbocycles. The third-order valence-electron chi connectivity index (χ3n) is 3.82. The summed E-state index contributed by atoms with van der Waals surface area (Å²) in [6, 6.07) is 7.51. The van der Waals surface area contributed by atoms with Crippen LogP contribution in [-0.2, 0) is 4.79 Å². The molecule has 2 aromatic rings. The minimum atomic E-state index is -0.440. The molecule has 0 spiro atoms. The van der Waals surface area contributed by atoms with Crippen molar-refractivity contribution in [3.8, 4) is 11.3 Å². The normalized spacial score (nSPS) is 22.0. The fourth-order valence-corrected chi connectivity index (χ4v) is 3.63. The van der Waals surface area contributed by atoms with Crippen molar-refractivity contribution in [3.05, 3.63) is 39.1 Å². The lowest BCUT2D eigenvalue weighted by molar-refractivity contribution is -0.123. The highest BCUT2D eigenvalue weighted by Crippen LogP contribution is 2.26. The first-order chi connectivity index (χ1) is 11.0. The van der Waals surface area contributed by atoms with Gasteiger partial charge in [-0.05, 0) is 25.5 Å². The van der Waals surface area contributed by atoms with Gasteiger partial charge in [0.25, 0.3) is 0 Å². The number of nitrogens with one attached hydrogen (secondary N) is 2. The van der Waals surface area contributed by atoms with E-state index in [1.54, 1.807) is 0 Å². The fourth-order valence-electron chi connectivity index (χ4n) is 2.53. The maximum atomic E-state index is 12.2. The van der Waals surface area contributed by atoms with E-state index >= 15 is 0 Å². The van der Waals surface area contributed by atoms with Gasteiger partial charge in [0.1, 0.15) is 5.01 Å². The van der Waals surface area contributed by atoms with Crippen LogP contribution in [0.1, 0.15) is 24.4 Å². The minimum Gasteiger partial charge on any atom is -0.392 e. The van der Waals surface area contributed by atoms with Crippen LogP contribution in [0.4, 0.5) is 0 Å². The zero-order chi connectivity index (χ0) is 16.4. The molecular weight excluding hydrogens is 378 g/mol. The summed E-state index contributed by atoms with van der Waals surface area (Å²) in [6.07, 6.45) is 0.0190. The molecule has 1 amide bonds. The number of thiazole rings is 1. The van der Waals surface area contributed by atoms with Crippen molar-refractivity contribution in [2.75, 3.05) is 6.54 Å². The lowest BCUT2D eigenvalue weighted by atomic mass is 10.2. The molecule has 7 heteroatoms. The topological polar surface area (TPSA) is 74.2 Å². The Morgan fingerprint density at radius 2 is 2.22 bits per heavy atom. The number of amides is 1. The van der Waals surface area contributed by atoms with Crippen molar-refractivity contribution in [3.63, 3.8) is 0 Å². The molecule has 5 nitrogen and oxygen atoms in total. The Bertz CT molecular complexity index is 689. The van der Waals surface area contributed by atoms with Crippen LogP contribution in [0.3, 0.4) is 0 Å². The second kappa shape index (κ2) is 7.09. The lowest BCUT2D eigenvalue weighted by Crippen LogP contribution is -2.41. The summed E-state index contributed by atoms with van der Waals surface area (Å²) < 4.78 is 1.03. The van der Waals surface area contributed by atoms with Gasteiger partial charge in [-0.2, -0.15) is 0 Å². The summed E-state index contributed by atoms with van der Waals surface area (Å²) >= 11 is 4.96. The van der Waals surface area contributed by atoms with Gasteiger partial charge in [0, 0.05) is 22.0 Å². The van der Waals surface area contributed by atoms with E-state index in [0.29, 0.717) is 13.0 Å². The van der Waals surface area contributed by atoms with E-state index in [9.17, 15) is 9.90 Å². The van der Waals surface area contributed by atoms with Crippen LogP contribution in [0, 0.1) is 0 Å². The molecule has 3 N–H and O–H groups in total. The van der Waals surface area contributed by atoms with Gasteiger partial charge in [0.15, 0.2) is 0 Å². The maximum absolute atomic E-state index is 12.2. The Hall–Kier alpha value is -1.28. The number of aliphatic hydroxyl groups excluding tert-OH is 1. The van der Waals surface area contributed by atoms with Crippen molar-refractivity contribution >= 4 is 33.2 Å². The molecule has 1 saturated heterocycles. The summed E-state index contributed by atoms with van der Waals surface area (Å²) in [7, 11) is 0. The van der Waals surface area contributed by atoms with Crippen molar-refractivity contribution < 1.29 is 9.90 Å². The molecule has 1 aromatic heterocycles. The minimum absolute atomic E-state index is 0.0885. The Balaban J connectivity index is 1.65. The Morgan fingerprint density at radius 3 is 2.87 bits per heavy atom. The Kier molecular flexibility index (Phi) is 5.11. The van der Waals surface area contributed by atoms with E-state index in [1.165, 1.54) is 11.3 Å². The SMILES string of the molecule is CC(NC(=O)C1CC(O)CN1)c1nc(-c2ccc(Br)cc2)cs1. The summed E-state index contributed by atoms with van der Waals surface area (Å²) in [4.78, 5) is 16.8. The van der Waals surface area contributed by atoms with E-state index in [0.717, 1.165) is 20.7 Å². The number of hydrogen-bond donors (Lipinski definition) is 3. The molecule has 0 radical (unpaired) electrons. The second-order valence-electron chi connectivity index (χ2n) is 5.66. The van der Waals surface area contributed by atoms with Crippen molar-refractivity contribution in [1.82, 2.24) is 15.6 Å². The average molecular weight is 396 g/mol. The molecule has 2 heterocycles. The quantitative estimate of drug-likeness (QED) is 0.743. The van der Waals surface area contributed by atoms with Crippen LogP contribution in [0.2, 0.25) is 0 Å². The molecule has 0 aliphatic carbocycles. The molecule has 1 aliphatic rings. The van der Waals surface area contributed by atoms with Gasteiger partial charge in [-0.15, -0.1) is 11.3 Å². The van der Waals surface area contributed by atoms with Crippen molar-refractivity contribution in [1.29, 1.82) is 0 Å². The largest absolute Gasteiger partial charge is 0.392 e. The molecule has 122 valence electrons. The molecule has 0 bridgehead atoms. The number of carbonyl (C=O) groups is 1. The van der Waals surface area contributed by atoms with Crippen LogP contribution in [0.25, 0.3) is 11.3 Å². The molecule has 0 saturated carbocycles.